The zero-order valence-corrected chi connectivity index (χ0v) is 19.8. The maximum Gasteiger partial charge on any atom is 0.422 e. The molecule has 0 saturated carbocycles. The molecule has 0 fully saturated rings. The topological polar surface area (TPSA) is 98.0 Å². The molecule has 0 radical (unpaired) electrons. The maximum atomic E-state index is 12.2. The first kappa shape index (κ1) is 27.3. The minimum Gasteiger partial charge on any atom is -0.484 e. The minimum absolute atomic E-state index is 0. The fraction of sp³-hybridized carbons (Fsp3) is 0.333. The maximum absolute atomic E-state index is 12.2. The number of nitrogens with one attached hydrogen (secondary N) is 2. The smallest absolute Gasteiger partial charge is 0.422 e. The van der Waals surface area contributed by atoms with E-state index in [-0.39, 0.29) is 36.3 Å². The van der Waals surface area contributed by atoms with Crippen LogP contribution in [0, 0.1) is 0 Å². The number of amides is 1. The molecule has 176 valence electrons. The number of aliphatic imine (C=N–C) groups is 1. The molecule has 0 aromatic heterocycles. The molecule has 0 heterocycles. The van der Waals surface area contributed by atoms with Crippen molar-refractivity contribution in [3.8, 4) is 11.5 Å². The van der Waals surface area contributed by atoms with Gasteiger partial charge >= 0.3 is 6.18 Å². The first-order valence-electron chi connectivity index (χ1n) is 9.56. The van der Waals surface area contributed by atoms with E-state index in [1.165, 1.54) is 12.1 Å². The third-order valence-electron chi connectivity index (χ3n) is 3.83. The molecule has 0 unspecified atom stereocenters. The van der Waals surface area contributed by atoms with Gasteiger partial charge in [-0.1, -0.05) is 24.3 Å². The summed E-state index contributed by atoms with van der Waals surface area (Å²) in [5.41, 5.74) is 6.81. The second kappa shape index (κ2) is 13.7. The molecule has 0 bridgehead atoms. The van der Waals surface area contributed by atoms with Crippen molar-refractivity contribution in [1.29, 1.82) is 0 Å². The number of benzene rings is 2. The molecule has 1 amide bonds. The van der Waals surface area contributed by atoms with Crippen molar-refractivity contribution in [2.24, 2.45) is 10.7 Å². The van der Waals surface area contributed by atoms with Gasteiger partial charge in [0.15, 0.2) is 19.2 Å². The fourth-order valence-electron chi connectivity index (χ4n) is 2.45. The van der Waals surface area contributed by atoms with E-state index in [1.54, 1.807) is 30.3 Å². The summed E-state index contributed by atoms with van der Waals surface area (Å²) in [7, 11) is 0. The number of hydrogen-bond donors (Lipinski definition) is 3. The van der Waals surface area contributed by atoms with E-state index >= 15 is 0 Å². The number of carbonyl (C=O) groups is 1. The Balaban J connectivity index is 0.00000512. The average molecular weight is 566 g/mol. The van der Waals surface area contributed by atoms with Crippen LogP contribution in [0.25, 0.3) is 0 Å². The van der Waals surface area contributed by atoms with Crippen molar-refractivity contribution in [3.05, 3.63) is 59.7 Å². The molecule has 2 aromatic carbocycles. The molecule has 0 spiro atoms. The van der Waals surface area contributed by atoms with Gasteiger partial charge in [-0.3, -0.25) is 4.79 Å². The fourth-order valence-corrected chi connectivity index (χ4v) is 2.45. The summed E-state index contributed by atoms with van der Waals surface area (Å²) in [5.74, 6) is 0.697. The number of rotatable bonds is 10. The number of nitrogens with zero attached hydrogens (tertiary/aromatic N) is 1. The Hall–Kier alpha value is -2.70. The lowest BCUT2D eigenvalue weighted by atomic mass is 10.2. The van der Waals surface area contributed by atoms with Crippen molar-refractivity contribution in [3.63, 3.8) is 0 Å². The highest BCUT2D eigenvalue weighted by Gasteiger charge is 2.28. The molecular formula is C21H26F3IN4O3. The van der Waals surface area contributed by atoms with Crippen molar-refractivity contribution < 1.29 is 27.4 Å². The number of halogens is 4. The SMILES string of the molecule is CCNC(=NCc1cccc(OCC(N)=O)c1)NCc1ccc(OCC(F)(F)F)cc1.I. The molecule has 11 heteroatoms. The summed E-state index contributed by atoms with van der Waals surface area (Å²) in [6.07, 6.45) is -4.37. The van der Waals surface area contributed by atoms with Crippen LogP contribution in [0.2, 0.25) is 0 Å². The predicted molar refractivity (Wildman–Crippen MR) is 126 cm³/mol. The van der Waals surface area contributed by atoms with Gasteiger partial charge in [-0.15, -0.1) is 24.0 Å². The van der Waals surface area contributed by atoms with E-state index in [0.717, 1.165) is 11.1 Å². The molecule has 32 heavy (non-hydrogen) atoms. The molecule has 0 aliphatic heterocycles. The third-order valence-corrected chi connectivity index (χ3v) is 3.83. The Kier molecular flexibility index (Phi) is 11.7. The summed E-state index contributed by atoms with van der Waals surface area (Å²) in [6.45, 7) is 1.86. The summed E-state index contributed by atoms with van der Waals surface area (Å²) < 4.78 is 46.6. The van der Waals surface area contributed by atoms with E-state index < -0.39 is 18.7 Å². The monoisotopic (exact) mass is 566 g/mol. The van der Waals surface area contributed by atoms with Crippen molar-refractivity contribution >= 4 is 35.8 Å². The van der Waals surface area contributed by atoms with Gasteiger partial charge in [-0.05, 0) is 42.3 Å². The van der Waals surface area contributed by atoms with Gasteiger partial charge in [0.25, 0.3) is 5.91 Å². The highest BCUT2D eigenvalue weighted by atomic mass is 127. The summed E-state index contributed by atoms with van der Waals surface area (Å²) in [6, 6.07) is 13.5. The van der Waals surface area contributed by atoms with Crippen LogP contribution < -0.4 is 25.8 Å². The molecule has 2 rings (SSSR count). The highest BCUT2D eigenvalue weighted by molar-refractivity contribution is 14.0. The van der Waals surface area contributed by atoms with Gasteiger partial charge in [0.2, 0.25) is 0 Å². The van der Waals surface area contributed by atoms with Gasteiger partial charge < -0.3 is 25.8 Å². The normalized spacial score (nSPS) is 11.3. The van der Waals surface area contributed by atoms with E-state index in [1.807, 2.05) is 13.0 Å². The van der Waals surface area contributed by atoms with Crippen molar-refractivity contribution in [1.82, 2.24) is 10.6 Å². The first-order chi connectivity index (χ1) is 14.7. The molecule has 2 aromatic rings. The van der Waals surface area contributed by atoms with Crippen LogP contribution in [-0.2, 0) is 17.9 Å². The Morgan fingerprint density at radius 2 is 1.75 bits per heavy atom. The predicted octanol–water partition coefficient (Wildman–Crippen LogP) is 3.37. The van der Waals surface area contributed by atoms with Crippen LogP contribution in [0.5, 0.6) is 11.5 Å². The molecule has 0 saturated heterocycles. The highest BCUT2D eigenvalue weighted by Crippen LogP contribution is 2.19. The molecule has 4 N–H and O–H groups in total. The molecule has 0 aliphatic rings. The quantitative estimate of drug-likeness (QED) is 0.233. The molecular weight excluding hydrogens is 540 g/mol. The lowest BCUT2D eigenvalue weighted by molar-refractivity contribution is -0.153. The summed E-state index contributed by atoms with van der Waals surface area (Å²) in [5, 5.41) is 6.29. The zero-order valence-electron chi connectivity index (χ0n) is 17.4. The number of hydrogen-bond acceptors (Lipinski definition) is 4. The van der Waals surface area contributed by atoms with Crippen LogP contribution in [0.15, 0.2) is 53.5 Å². The standard InChI is InChI=1S/C21H25F3N4O3.HI/c1-2-26-20(28-12-16-4-3-5-18(10-16)30-13-19(25)29)27-11-15-6-8-17(9-7-15)31-14-21(22,23)24;/h3-10H,2,11-14H2,1H3,(H2,25,29)(H2,26,27,28);1H. The third kappa shape index (κ3) is 11.1. The number of ether oxygens (including phenoxy) is 2. The number of nitrogens with two attached hydrogens (primary N) is 1. The lowest BCUT2D eigenvalue weighted by Crippen LogP contribution is -2.36. The minimum atomic E-state index is -4.37. The van der Waals surface area contributed by atoms with Crippen LogP contribution in [-0.4, -0.2) is 37.8 Å². The van der Waals surface area contributed by atoms with Gasteiger partial charge in [0, 0.05) is 13.1 Å². The average Bonchev–Trinajstić information content (AvgIpc) is 2.73. The second-order valence-electron chi connectivity index (χ2n) is 6.50. The summed E-state index contributed by atoms with van der Waals surface area (Å²) >= 11 is 0. The van der Waals surface area contributed by atoms with Crippen LogP contribution in [0.3, 0.4) is 0 Å². The molecule has 0 aliphatic carbocycles. The van der Waals surface area contributed by atoms with E-state index in [4.69, 9.17) is 15.2 Å². The lowest BCUT2D eigenvalue weighted by Gasteiger charge is -2.13. The van der Waals surface area contributed by atoms with Crippen LogP contribution >= 0.6 is 24.0 Å². The second-order valence-corrected chi connectivity index (χ2v) is 6.50. The molecule has 0 atom stereocenters. The zero-order chi connectivity index (χ0) is 22.7. The van der Waals surface area contributed by atoms with Gasteiger partial charge in [0.1, 0.15) is 11.5 Å². The van der Waals surface area contributed by atoms with E-state index in [0.29, 0.717) is 31.3 Å². The number of alkyl halides is 3. The van der Waals surface area contributed by atoms with E-state index in [9.17, 15) is 18.0 Å². The van der Waals surface area contributed by atoms with Gasteiger partial charge in [0.05, 0.1) is 6.54 Å². The van der Waals surface area contributed by atoms with Crippen molar-refractivity contribution in [2.75, 3.05) is 19.8 Å². The summed E-state index contributed by atoms with van der Waals surface area (Å²) in [4.78, 5) is 15.3. The number of carbonyl (C=O) groups excluding carboxylic acids is 1. The van der Waals surface area contributed by atoms with Crippen molar-refractivity contribution in [2.45, 2.75) is 26.2 Å². The van der Waals surface area contributed by atoms with Crippen LogP contribution in [0.1, 0.15) is 18.1 Å². The van der Waals surface area contributed by atoms with Gasteiger partial charge in [-0.25, -0.2) is 4.99 Å². The number of guanidine groups is 1. The number of primary amides is 1. The van der Waals surface area contributed by atoms with E-state index in [2.05, 4.69) is 15.6 Å². The largest absolute Gasteiger partial charge is 0.484 e. The Morgan fingerprint density at radius 1 is 1.03 bits per heavy atom. The van der Waals surface area contributed by atoms with Gasteiger partial charge in [-0.2, -0.15) is 13.2 Å². The first-order valence-corrected chi connectivity index (χ1v) is 9.56. The Morgan fingerprint density at radius 3 is 2.38 bits per heavy atom. The molecule has 7 nitrogen and oxygen atoms in total. The Labute approximate surface area is 201 Å². The van der Waals surface area contributed by atoms with Crippen LogP contribution in [0.4, 0.5) is 13.2 Å². The Bertz CT molecular complexity index is 877.